The van der Waals surface area contributed by atoms with Crippen molar-refractivity contribution in [2.75, 3.05) is 26.2 Å². The summed E-state index contributed by atoms with van der Waals surface area (Å²) in [6.07, 6.45) is 5.07. The molecule has 0 aromatic heterocycles. The highest BCUT2D eigenvalue weighted by molar-refractivity contribution is 5.80. The summed E-state index contributed by atoms with van der Waals surface area (Å²) in [7, 11) is 0. The topological polar surface area (TPSA) is 70.7 Å². The smallest absolute Gasteiger partial charge is 0.217 e. The maximum Gasteiger partial charge on any atom is 0.217 e. The Kier molecular flexibility index (Phi) is 5.84. The van der Waals surface area contributed by atoms with E-state index < -0.39 is 0 Å². The summed E-state index contributed by atoms with van der Waals surface area (Å²) >= 11 is 0. The van der Waals surface area contributed by atoms with E-state index in [2.05, 4.69) is 48.3 Å². The number of hydrogen-bond donors (Lipinski definition) is 2. The Morgan fingerprint density at radius 2 is 2.15 bits per heavy atom. The number of benzene rings is 1. The highest BCUT2D eigenvalue weighted by Crippen LogP contribution is 2.49. The second kappa shape index (κ2) is 8.11. The number of nitrogens with one attached hydrogen (secondary N) is 1. The van der Waals surface area contributed by atoms with Crippen LogP contribution in [0.2, 0.25) is 0 Å². The van der Waals surface area contributed by atoms with Gasteiger partial charge in [0.15, 0.2) is 5.96 Å². The van der Waals surface area contributed by atoms with Crippen LogP contribution in [0.3, 0.4) is 0 Å². The minimum Gasteiger partial charge on any atom is -0.370 e. The molecular formula is C21H32N4O. The molecule has 0 radical (unpaired) electrons. The van der Waals surface area contributed by atoms with Crippen LogP contribution < -0.4 is 11.1 Å². The first kappa shape index (κ1) is 18.7. The average Bonchev–Trinajstić information content (AvgIpc) is 3.39. The van der Waals surface area contributed by atoms with E-state index in [-0.39, 0.29) is 11.3 Å². The van der Waals surface area contributed by atoms with Crippen LogP contribution in [0.5, 0.6) is 0 Å². The van der Waals surface area contributed by atoms with E-state index in [0.29, 0.717) is 12.3 Å². The molecule has 1 saturated carbocycles. The molecule has 1 unspecified atom stereocenters. The van der Waals surface area contributed by atoms with E-state index >= 15 is 0 Å². The molecule has 2 fully saturated rings. The van der Waals surface area contributed by atoms with E-state index in [4.69, 9.17) is 10.7 Å². The number of aryl methyl sites for hydroxylation is 1. The molecule has 1 aromatic rings. The van der Waals surface area contributed by atoms with Crippen LogP contribution in [-0.2, 0) is 10.2 Å². The number of piperidine rings is 1. The molecule has 0 bridgehead atoms. The Hall–Kier alpha value is -2.04. The number of nitrogens with zero attached hydrogens (tertiary/aromatic N) is 2. The fourth-order valence-corrected chi connectivity index (χ4v) is 4.19. The molecular weight excluding hydrogens is 324 g/mol. The van der Waals surface area contributed by atoms with Gasteiger partial charge >= 0.3 is 0 Å². The first-order valence-electron chi connectivity index (χ1n) is 9.92. The predicted molar refractivity (Wildman–Crippen MR) is 106 cm³/mol. The number of guanidine groups is 1. The van der Waals surface area contributed by atoms with Gasteiger partial charge in [-0.15, -0.1) is 0 Å². The van der Waals surface area contributed by atoms with Gasteiger partial charge < -0.3 is 16.0 Å². The first-order valence-corrected chi connectivity index (χ1v) is 9.92. The van der Waals surface area contributed by atoms with Gasteiger partial charge in [0, 0.05) is 31.5 Å². The number of aliphatic imine (C=N–C) groups is 1. The lowest BCUT2D eigenvalue weighted by Crippen LogP contribution is -2.47. The fraction of sp³-hybridized carbons (Fsp3) is 0.619. The maximum absolute atomic E-state index is 11.3. The number of rotatable bonds is 6. The zero-order valence-corrected chi connectivity index (χ0v) is 16.1. The SMILES string of the molecule is CCNC(=NCC1(c2ccccc2C)CC1)N1CCCC(CC(N)=O)C1. The summed E-state index contributed by atoms with van der Waals surface area (Å²) < 4.78 is 0. The Morgan fingerprint density at radius 3 is 2.81 bits per heavy atom. The van der Waals surface area contributed by atoms with Crippen LogP contribution >= 0.6 is 0 Å². The van der Waals surface area contributed by atoms with Gasteiger partial charge in [-0.05, 0) is 56.6 Å². The number of amides is 1. The minimum absolute atomic E-state index is 0.199. The average molecular weight is 357 g/mol. The molecule has 5 nitrogen and oxygen atoms in total. The molecule has 5 heteroatoms. The fourth-order valence-electron chi connectivity index (χ4n) is 4.19. The van der Waals surface area contributed by atoms with Crippen molar-refractivity contribution in [3.63, 3.8) is 0 Å². The van der Waals surface area contributed by atoms with Gasteiger partial charge in [0.1, 0.15) is 0 Å². The zero-order chi connectivity index (χ0) is 18.6. The Bertz CT molecular complexity index is 666. The molecule has 3 N–H and O–H groups in total. The molecule has 1 aromatic carbocycles. The molecule has 1 amide bonds. The van der Waals surface area contributed by atoms with Crippen molar-refractivity contribution in [1.29, 1.82) is 0 Å². The second-order valence-electron chi connectivity index (χ2n) is 7.89. The molecule has 1 aliphatic carbocycles. The second-order valence-corrected chi connectivity index (χ2v) is 7.89. The van der Waals surface area contributed by atoms with Crippen molar-refractivity contribution in [3.8, 4) is 0 Å². The largest absolute Gasteiger partial charge is 0.370 e. The third-order valence-corrected chi connectivity index (χ3v) is 5.74. The van der Waals surface area contributed by atoms with E-state index in [1.54, 1.807) is 0 Å². The highest BCUT2D eigenvalue weighted by Gasteiger charge is 2.45. The molecule has 2 aliphatic rings. The number of likely N-dealkylation sites (tertiary alicyclic amines) is 1. The van der Waals surface area contributed by atoms with Gasteiger partial charge in [-0.2, -0.15) is 0 Å². The minimum atomic E-state index is -0.199. The normalized spacial score (nSPS) is 22.2. The van der Waals surface area contributed by atoms with Gasteiger partial charge in [-0.1, -0.05) is 24.3 Å². The van der Waals surface area contributed by atoms with Crippen LogP contribution in [0, 0.1) is 12.8 Å². The van der Waals surface area contributed by atoms with Crippen LogP contribution in [0.1, 0.15) is 50.2 Å². The molecule has 1 saturated heterocycles. The monoisotopic (exact) mass is 356 g/mol. The number of primary amides is 1. The van der Waals surface area contributed by atoms with Crippen molar-refractivity contribution in [2.24, 2.45) is 16.6 Å². The quantitative estimate of drug-likeness (QED) is 0.608. The lowest BCUT2D eigenvalue weighted by Gasteiger charge is -2.35. The summed E-state index contributed by atoms with van der Waals surface area (Å²) in [5, 5.41) is 3.45. The van der Waals surface area contributed by atoms with Crippen LogP contribution in [0.15, 0.2) is 29.3 Å². The Labute approximate surface area is 157 Å². The van der Waals surface area contributed by atoms with Crippen molar-refractivity contribution >= 4 is 11.9 Å². The van der Waals surface area contributed by atoms with Crippen molar-refractivity contribution in [1.82, 2.24) is 10.2 Å². The maximum atomic E-state index is 11.3. The zero-order valence-electron chi connectivity index (χ0n) is 16.1. The van der Waals surface area contributed by atoms with E-state index in [1.807, 2.05) is 0 Å². The van der Waals surface area contributed by atoms with E-state index in [9.17, 15) is 4.79 Å². The third-order valence-electron chi connectivity index (χ3n) is 5.74. The number of carbonyl (C=O) groups is 1. The molecule has 1 heterocycles. The van der Waals surface area contributed by atoms with Crippen molar-refractivity contribution in [2.45, 2.75) is 51.4 Å². The lowest BCUT2D eigenvalue weighted by atomic mass is 9.92. The van der Waals surface area contributed by atoms with Crippen LogP contribution in [-0.4, -0.2) is 42.9 Å². The third kappa shape index (κ3) is 4.37. The summed E-state index contributed by atoms with van der Waals surface area (Å²) in [6, 6.07) is 8.70. The summed E-state index contributed by atoms with van der Waals surface area (Å²) in [5.74, 6) is 1.13. The predicted octanol–water partition coefficient (Wildman–Crippen LogP) is 2.58. The summed E-state index contributed by atoms with van der Waals surface area (Å²) in [6.45, 7) is 7.85. The summed E-state index contributed by atoms with van der Waals surface area (Å²) in [4.78, 5) is 18.6. The number of hydrogen-bond acceptors (Lipinski definition) is 2. The Morgan fingerprint density at radius 1 is 1.38 bits per heavy atom. The number of nitrogens with two attached hydrogens (primary N) is 1. The standard InChI is InChI=1S/C21H32N4O/c1-3-23-20(25-12-6-8-17(14-25)13-19(22)26)24-15-21(10-11-21)18-9-5-4-7-16(18)2/h4-5,7,9,17H,3,6,8,10-15H2,1-2H3,(H2,22,26)(H,23,24). The first-order chi connectivity index (χ1) is 12.5. The molecule has 1 aliphatic heterocycles. The highest BCUT2D eigenvalue weighted by atomic mass is 16.1. The Balaban J connectivity index is 1.71. The van der Waals surface area contributed by atoms with Gasteiger partial charge in [0.2, 0.25) is 5.91 Å². The molecule has 1 atom stereocenters. The van der Waals surface area contributed by atoms with Gasteiger partial charge in [0.25, 0.3) is 0 Å². The molecule has 0 spiro atoms. The van der Waals surface area contributed by atoms with Crippen molar-refractivity contribution in [3.05, 3.63) is 35.4 Å². The number of carbonyl (C=O) groups excluding carboxylic acids is 1. The van der Waals surface area contributed by atoms with E-state index in [1.165, 1.54) is 24.0 Å². The molecule has 3 rings (SSSR count). The van der Waals surface area contributed by atoms with Gasteiger partial charge in [-0.25, -0.2) is 0 Å². The lowest BCUT2D eigenvalue weighted by molar-refractivity contribution is -0.119. The molecule has 142 valence electrons. The van der Waals surface area contributed by atoms with Gasteiger partial charge in [-0.3, -0.25) is 9.79 Å². The van der Waals surface area contributed by atoms with Crippen molar-refractivity contribution < 1.29 is 4.79 Å². The van der Waals surface area contributed by atoms with Gasteiger partial charge in [0.05, 0.1) is 6.54 Å². The van der Waals surface area contributed by atoms with Crippen LogP contribution in [0.4, 0.5) is 0 Å². The van der Waals surface area contributed by atoms with E-state index in [0.717, 1.165) is 45.0 Å². The molecule has 26 heavy (non-hydrogen) atoms. The summed E-state index contributed by atoms with van der Waals surface area (Å²) in [5.41, 5.74) is 8.43. The van der Waals surface area contributed by atoms with Crippen LogP contribution in [0.25, 0.3) is 0 Å².